The largest absolute Gasteiger partial charge is 0.493 e. The number of nitrogens with zero attached hydrogens (tertiary/aromatic N) is 2. The van der Waals surface area contributed by atoms with Crippen molar-refractivity contribution in [2.24, 2.45) is 4.99 Å². The van der Waals surface area contributed by atoms with E-state index in [-0.39, 0.29) is 10.2 Å². The minimum Gasteiger partial charge on any atom is -0.493 e. The minimum atomic E-state index is -0.335. The van der Waals surface area contributed by atoms with Crippen LogP contribution in [0.2, 0.25) is 0 Å². The Bertz CT molecular complexity index is 911. The van der Waals surface area contributed by atoms with Gasteiger partial charge in [0.2, 0.25) is 12.3 Å². The Labute approximate surface area is 181 Å². The van der Waals surface area contributed by atoms with Crippen LogP contribution in [0.5, 0.6) is 11.5 Å². The van der Waals surface area contributed by atoms with Crippen molar-refractivity contribution in [2.75, 3.05) is 19.6 Å². The highest BCUT2D eigenvalue weighted by Gasteiger charge is 2.23. The van der Waals surface area contributed by atoms with Crippen molar-refractivity contribution in [1.29, 1.82) is 0 Å². The highest BCUT2D eigenvalue weighted by atomic mass is 35.5. The standard InChI is InChI=1S/C22H27ClN2O3S/c1-15-8-16-10-20(27-4)21(28-14-29-22(2,3)23)11-17(16)9-19(15)24-12-18-6-5-7-25(18)13-26/h8-13,18H,5-7,14H2,1-4H3/p+1. The average molecular weight is 436 g/mol. The molecule has 156 valence electrons. The SMILES string of the molecule is COc1cc2cc(C)c(N=CC3CCCN3C=O)cc2cc1OC[SH+]C(C)(C)Cl. The van der Waals surface area contributed by atoms with Gasteiger partial charge in [0.1, 0.15) is 0 Å². The monoisotopic (exact) mass is 435 g/mol. The molecule has 0 bridgehead atoms. The first-order valence-electron chi connectivity index (χ1n) is 9.69. The Balaban J connectivity index is 1.87. The third-order valence-corrected chi connectivity index (χ3v) is 6.33. The van der Waals surface area contributed by atoms with Gasteiger partial charge in [0, 0.05) is 38.4 Å². The lowest BCUT2D eigenvalue weighted by Gasteiger charge is -2.15. The van der Waals surface area contributed by atoms with Gasteiger partial charge >= 0.3 is 0 Å². The fourth-order valence-corrected chi connectivity index (χ4v) is 4.01. The zero-order valence-electron chi connectivity index (χ0n) is 17.3. The molecule has 29 heavy (non-hydrogen) atoms. The highest BCUT2D eigenvalue weighted by Crippen LogP contribution is 2.36. The molecule has 0 spiro atoms. The molecule has 1 amide bonds. The Hall–Kier alpha value is -1.92. The number of hydrogen-bond acceptors (Lipinski definition) is 4. The van der Waals surface area contributed by atoms with Gasteiger partial charge in [-0.25, -0.2) is 0 Å². The number of carbonyl (C=O) groups excluding carboxylic acids is 1. The number of benzene rings is 2. The number of hydrogen-bond donors (Lipinski definition) is 0. The van der Waals surface area contributed by atoms with Crippen LogP contribution in [0.15, 0.2) is 29.3 Å². The molecule has 1 saturated heterocycles. The second kappa shape index (κ2) is 9.26. The van der Waals surface area contributed by atoms with Gasteiger partial charge < -0.3 is 14.4 Å². The van der Waals surface area contributed by atoms with E-state index in [2.05, 4.69) is 17.1 Å². The van der Waals surface area contributed by atoms with Crippen LogP contribution in [0.25, 0.3) is 10.8 Å². The van der Waals surface area contributed by atoms with Crippen LogP contribution >= 0.6 is 11.6 Å². The van der Waals surface area contributed by atoms with E-state index in [0.717, 1.165) is 59.6 Å². The predicted octanol–water partition coefficient (Wildman–Crippen LogP) is 4.61. The zero-order valence-corrected chi connectivity index (χ0v) is 19.0. The number of fused-ring (bicyclic) bond motifs is 1. The van der Waals surface area contributed by atoms with Crippen molar-refractivity contribution >= 4 is 52.4 Å². The van der Waals surface area contributed by atoms with Crippen LogP contribution < -0.4 is 9.47 Å². The topological polar surface area (TPSA) is 51.1 Å². The fourth-order valence-electron chi connectivity index (χ4n) is 3.35. The Morgan fingerprint density at radius 1 is 1.28 bits per heavy atom. The summed E-state index contributed by atoms with van der Waals surface area (Å²) in [7, 11) is 1.64. The summed E-state index contributed by atoms with van der Waals surface area (Å²) in [5.74, 6) is 1.87. The van der Waals surface area contributed by atoms with E-state index >= 15 is 0 Å². The summed E-state index contributed by atoms with van der Waals surface area (Å²) in [6.45, 7) is 6.76. The molecule has 2 aromatic carbocycles. The van der Waals surface area contributed by atoms with Crippen LogP contribution in [-0.2, 0) is 16.6 Å². The molecule has 0 saturated carbocycles. The predicted molar refractivity (Wildman–Crippen MR) is 123 cm³/mol. The lowest BCUT2D eigenvalue weighted by molar-refractivity contribution is -0.117. The van der Waals surface area contributed by atoms with Crippen LogP contribution in [0.1, 0.15) is 32.3 Å². The van der Waals surface area contributed by atoms with Crippen LogP contribution in [0, 0.1) is 6.92 Å². The summed E-state index contributed by atoms with van der Waals surface area (Å²) in [4.78, 5) is 17.6. The van der Waals surface area contributed by atoms with Crippen LogP contribution in [0.3, 0.4) is 0 Å². The van der Waals surface area contributed by atoms with Gasteiger partial charge in [-0.1, -0.05) is 11.6 Å². The van der Waals surface area contributed by atoms with Crippen molar-refractivity contribution in [3.05, 3.63) is 29.8 Å². The molecular formula is C22H28ClN2O3S+. The molecule has 1 aliphatic heterocycles. The third-order valence-electron chi connectivity index (χ3n) is 4.96. The molecular weight excluding hydrogens is 408 g/mol. The Kier molecular flexibility index (Phi) is 6.96. The third kappa shape index (κ3) is 5.58. The van der Waals surface area contributed by atoms with Gasteiger partial charge in [-0.2, -0.15) is 0 Å². The van der Waals surface area contributed by atoms with Gasteiger partial charge in [0.05, 0.1) is 18.8 Å². The van der Waals surface area contributed by atoms with E-state index in [9.17, 15) is 4.79 Å². The van der Waals surface area contributed by atoms with E-state index in [1.807, 2.05) is 39.1 Å². The Morgan fingerprint density at radius 2 is 2.00 bits per heavy atom. The maximum atomic E-state index is 11.1. The highest BCUT2D eigenvalue weighted by molar-refractivity contribution is 7.81. The van der Waals surface area contributed by atoms with Crippen LogP contribution in [0.4, 0.5) is 5.69 Å². The van der Waals surface area contributed by atoms with Crippen molar-refractivity contribution in [3.8, 4) is 11.5 Å². The summed E-state index contributed by atoms with van der Waals surface area (Å²) in [6, 6.07) is 8.20. The molecule has 3 rings (SSSR count). The summed E-state index contributed by atoms with van der Waals surface area (Å²) in [6.07, 6.45) is 4.78. The maximum absolute atomic E-state index is 11.1. The number of thiol groups is 1. The van der Waals surface area contributed by atoms with Crippen molar-refractivity contribution < 1.29 is 14.3 Å². The molecule has 1 aliphatic rings. The first kappa shape index (κ1) is 21.8. The molecule has 0 aromatic heterocycles. The van der Waals surface area contributed by atoms with Crippen molar-refractivity contribution in [3.63, 3.8) is 0 Å². The van der Waals surface area contributed by atoms with E-state index in [0.29, 0.717) is 17.4 Å². The van der Waals surface area contributed by atoms with E-state index < -0.39 is 0 Å². The van der Waals surface area contributed by atoms with Gasteiger partial charge in [0.25, 0.3) is 0 Å². The second-order valence-electron chi connectivity index (χ2n) is 7.66. The first-order valence-corrected chi connectivity index (χ1v) is 11.1. The molecule has 5 nitrogen and oxygen atoms in total. The molecule has 1 unspecified atom stereocenters. The number of likely N-dealkylation sites (tertiary alicyclic amines) is 1. The summed E-state index contributed by atoms with van der Waals surface area (Å²) >= 11 is 7.24. The molecule has 1 atom stereocenters. The molecule has 0 N–H and O–H groups in total. The molecule has 1 heterocycles. The number of aliphatic imine (C=N–C) groups is 1. The summed E-state index contributed by atoms with van der Waals surface area (Å²) in [5.41, 5.74) is 1.97. The normalized spacial score (nSPS) is 17.3. The summed E-state index contributed by atoms with van der Waals surface area (Å²) < 4.78 is 11.1. The number of alkyl halides is 1. The Morgan fingerprint density at radius 3 is 2.69 bits per heavy atom. The molecule has 2 aromatic rings. The fraction of sp³-hybridized carbons (Fsp3) is 0.455. The first-order chi connectivity index (χ1) is 13.8. The number of methoxy groups -OCH3 is 1. The molecule has 0 radical (unpaired) electrons. The summed E-state index contributed by atoms with van der Waals surface area (Å²) in [5, 5.41) is 2.09. The smallest absolute Gasteiger partial charge is 0.246 e. The average Bonchev–Trinajstić information content (AvgIpc) is 3.12. The lowest BCUT2D eigenvalue weighted by Crippen LogP contribution is -2.28. The molecule has 7 heteroatoms. The van der Waals surface area contributed by atoms with Gasteiger partial charge in [-0.05, 0) is 60.4 Å². The number of rotatable bonds is 8. The number of amides is 1. The number of ether oxygens (including phenoxy) is 2. The van der Waals surface area contributed by atoms with E-state index in [4.69, 9.17) is 21.1 Å². The lowest BCUT2D eigenvalue weighted by atomic mass is 10.0. The van der Waals surface area contributed by atoms with Gasteiger partial charge in [0.15, 0.2) is 15.7 Å². The molecule has 0 aliphatic carbocycles. The van der Waals surface area contributed by atoms with Crippen LogP contribution in [-0.4, -0.2) is 47.4 Å². The quantitative estimate of drug-likeness (QED) is 0.200. The van der Waals surface area contributed by atoms with E-state index in [1.54, 1.807) is 12.0 Å². The number of aryl methyl sites for hydroxylation is 1. The van der Waals surface area contributed by atoms with Gasteiger partial charge in [-0.3, -0.25) is 9.79 Å². The number of carbonyl (C=O) groups is 1. The zero-order chi connectivity index (χ0) is 21.0. The minimum absolute atomic E-state index is 0.0790. The van der Waals surface area contributed by atoms with Crippen molar-refractivity contribution in [1.82, 2.24) is 4.90 Å². The number of halogens is 1. The maximum Gasteiger partial charge on any atom is 0.246 e. The second-order valence-corrected chi connectivity index (χ2v) is 10.6. The molecule has 1 fully saturated rings. The van der Waals surface area contributed by atoms with E-state index in [1.165, 1.54) is 0 Å². The van der Waals surface area contributed by atoms with Crippen molar-refractivity contribution in [2.45, 2.75) is 43.9 Å². The van der Waals surface area contributed by atoms with Gasteiger partial charge in [-0.15, -0.1) is 0 Å².